The van der Waals surface area contributed by atoms with E-state index in [1.54, 1.807) is 60.7 Å². The molecule has 1 heterocycles. The van der Waals surface area contributed by atoms with Crippen molar-refractivity contribution in [3.8, 4) is 16.9 Å². The van der Waals surface area contributed by atoms with Gasteiger partial charge in [-0.25, -0.2) is 14.3 Å². The SMILES string of the molecule is COC(=O)c1c(-c2cc([N+](=O)[O-])ccc2Sc2ccc(Cl)cc2)nn(-c2ccccc2)c1C(=O)OC. The van der Waals surface area contributed by atoms with E-state index in [-0.39, 0.29) is 28.2 Å². The number of carbonyl (C=O) groups is 2. The molecule has 0 aliphatic carbocycles. The summed E-state index contributed by atoms with van der Waals surface area (Å²) >= 11 is 7.29. The standard InChI is InChI=1S/C25H18ClN3O6S/c1-34-24(30)21-22(27-28(23(21)25(31)35-2)16-6-4-3-5-7-16)19-14-17(29(32)33)10-13-20(19)36-18-11-8-15(26)9-12-18/h3-14H,1-2H3. The Kier molecular flexibility index (Phi) is 7.37. The van der Waals surface area contributed by atoms with E-state index in [1.165, 1.54) is 42.8 Å². The second kappa shape index (κ2) is 10.6. The zero-order valence-corrected chi connectivity index (χ0v) is 20.6. The third kappa shape index (κ3) is 4.95. The molecule has 0 saturated heterocycles. The van der Waals surface area contributed by atoms with Crippen molar-refractivity contribution in [1.82, 2.24) is 9.78 Å². The Balaban J connectivity index is 2.02. The molecule has 0 amide bonds. The molecular formula is C25H18ClN3O6S. The molecule has 3 aromatic carbocycles. The molecule has 182 valence electrons. The molecule has 36 heavy (non-hydrogen) atoms. The van der Waals surface area contributed by atoms with Gasteiger partial charge < -0.3 is 9.47 Å². The number of nitro groups is 1. The zero-order chi connectivity index (χ0) is 25.8. The van der Waals surface area contributed by atoms with Crippen LogP contribution < -0.4 is 0 Å². The van der Waals surface area contributed by atoms with Crippen LogP contribution in [0, 0.1) is 10.1 Å². The monoisotopic (exact) mass is 523 g/mol. The highest BCUT2D eigenvalue weighted by atomic mass is 35.5. The van der Waals surface area contributed by atoms with Crippen LogP contribution in [0.25, 0.3) is 16.9 Å². The van der Waals surface area contributed by atoms with Crippen molar-refractivity contribution in [2.45, 2.75) is 9.79 Å². The number of methoxy groups -OCH3 is 2. The largest absolute Gasteiger partial charge is 0.465 e. The molecular weight excluding hydrogens is 506 g/mol. The van der Waals surface area contributed by atoms with Gasteiger partial charge in [-0.2, -0.15) is 5.10 Å². The van der Waals surface area contributed by atoms with Crippen LogP contribution in [0.1, 0.15) is 20.8 Å². The normalized spacial score (nSPS) is 10.6. The molecule has 0 N–H and O–H groups in total. The van der Waals surface area contributed by atoms with Crippen molar-refractivity contribution in [1.29, 1.82) is 0 Å². The van der Waals surface area contributed by atoms with Gasteiger partial charge in [0, 0.05) is 32.5 Å². The van der Waals surface area contributed by atoms with Crippen molar-refractivity contribution < 1.29 is 24.0 Å². The first-order valence-corrected chi connectivity index (χ1v) is 11.6. The Labute approximate surface area is 214 Å². The van der Waals surface area contributed by atoms with E-state index >= 15 is 0 Å². The highest BCUT2D eigenvalue weighted by molar-refractivity contribution is 7.99. The molecule has 11 heteroatoms. The van der Waals surface area contributed by atoms with Crippen LogP contribution in [-0.2, 0) is 9.47 Å². The van der Waals surface area contributed by atoms with Crippen LogP contribution in [0.2, 0.25) is 5.02 Å². The van der Waals surface area contributed by atoms with Crippen LogP contribution in [0.15, 0.2) is 82.6 Å². The first-order valence-electron chi connectivity index (χ1n) is 10.4. The minimum absolute atomic E-state index is 0.0336. The molecule has 9 nitrogen and oxygen atoms in total. The van der Waals surface area contributed by atoms with Crippen molar-refractivity contribution in [2.75, 3.05) is 14.2 Å². The number of rotatable bonds is 7. The first kappa shape index (κ1) is 25.0. The number of benzene rings is 3. The number of nitrogens with zero attached hydrogens (tertiary/aromatic N) is 3. The van der Waals surface area contributed by atoms with Crippen molar-refractivity contribution >= 4 is 41.0 Å². The van der Waals surface area contributed by atoms with Gasteiger partial charge in [0.25, 0.3) is 5.69 Å². The van der Waals surface area contributed by atoms with Gasteiger partial charge in [-0.05, 0) is 42.5 Å². The second-order valence-corrected chi connectivity index (χ2v) is 8.85. The number of aromatic nitrogens is 2. The zero-order valence-electron chi connectivity index (χ0n) is 19.0. The molecule has 0 atom stereocenters. The third-order valence-corrected chi connectivity index (χ3v) is 6.46. The molecule has 1 aromatic heterocycles. The molecule has 0 radical (unpaired) electrons. The summed E-state index contributed by atoms with van der Waals surface area (Å²) in [6, 6.07) is 19.9. The third-order valence-electron chi connectivity index (χ3n) is 5.12. The van der Waals surface area contributed by atoms with Gasteiger partial charge in [0.1, 0.15) is 11.3 Å². The first-order chi connectivity index (χ1) is 17.3. The number of hydrogen-bond donors (Lipinski definition) is 0. The molecule has 0 bridgehead atoms. The highest BCUT2D eigenvalue weighted by Crippen LogP contribution is 2.40. The number of carbonyl (C=O) groups excluding carboxylic acids is 2. The molecule has 0 aliphatic heterocycles. The van der Waals surface area contributed by atoms with Crippen molar-refractivity contribution in [3.63, 3.8) is 0 Å². The number of hydrogen-bond acceptors (Lipinski definition) is 8. The Bertz CT molecular complexity index is 1450. The fourth-order valence-electron chi connectivity index (χ4n) is 3.48. The molecule has 0 fully saturated rings. The summed E-state index contributed by atoms with van der Waals surface area (Å²) in [5.74, 6) is -1.67. The number of ether oxygens (including phenoxy) is 2. The van der Waals surface area contributed by atoms with E-state index in [1.807, 2.05) is 0 Å². The number of esters is 2. The van der Waals surface area contributed by atoms with Gasteiger partial charge in [-0.3, -0.25) is 10.1 Å². The lowest BCUT2D eigenvalue weighted by Crippen LogP contribution is -2.15. The summed E-state index contributed by atoms with van der Waals surface area (Å²) in [4.78, 5) is 38.3. The van der Waals surface area contributed by atoms with Crippen LogP contribution in [0.3, 0.4) is 0 Å². The lowest BCUT2D eigenvalue weighted by Gasteiger charge is -2.09. The van der Waals surface area contributed by atoms with Crippen LogP contribution >= 0.6 is 23.4 Å². The maximum atomic E-state index is 13.0. The highest BCUT2D eigenvalue weighted by Gasteiger charge is 2.33. The Morgan fingerprint density at radius 3 is 2.25 bits per heavy atom. The van der Waals surface area contributed by atoms with Crippen LogP contribution in [0.5, 0.6) is 0 Å². The van der Waals surface area contributed by atoms with Crippen LogP contribution in [-0.4, -0.2) is 40.9 Å². The Morgan fingerprint density at radius 2 is 1.64 bits per heavy atom. The van der Waals surface area contributed by atoms with E-state index in [2.05, 4.69) is 5.10 Å². The number of halogens is 1. The Hall–Kier alpha value is -4.15. The van der Waals surface area contributed by atoms with E-state index < -0.39 is 16.9 Å². The summed E-state index contributed by atoms with van der Waals surface area (Å²) in [5, 5.41) is 16.7. The smallest absolute Gasteiger partial charge is 0.357 e. The van der Waals surface area contributed by atoms with Gasteiger partial charge in [0.15, 0.2) is 5.69 Å². The fraction of sp³-hybridized carbons (Fsp3) is 0.0800. The number of non-ortho nitro benzene ring substituents is 1. The van der Waals surface area contributed by atoms with Crippen LogP contribution in [0.4, 0.5) is 5.69 Å². The van der Waals surface area contributed by atoms with E-state index in [9.17, 15) is 19.7 Å². The topological polar surface area (TPSA) is 114 Å². The predicted molar refractivity (Wildman–Crippen MR) is 134 cm³/mol. The van der Waals surface area contributed by atoms with E-state index in [0.717, 1.165) is 4.90 Å². The molecule has 0 saturated carbocycles. The number of para-hydroxylation sites is 1. The maximum absolute atomic E-state index is 13.0. The molecule has 0 unspecified atom stereocenters. The van der Waals surface area contributed by atoms with Gasteiger partial charge in [-0.1, -0.05) is 41.6 Å². The quantitative estimate of drug-likeness (QED) is 0.169. The fourth-order valence-corrected chi connectivity index (χ4v) is 4.53. The summed E-state index contributed by atoms with van der Waals surface area (Å²) in [6.07, 6.45) is 0. The second-order valence-electron chi connectivity index (χ2n) is 7.30. The average molecular weight is 524 g/mol. The van der Waals surface area contributed by atoms with Gasteiger partial charge in [0.05, 0.1) is 24.8 Å². The van der Waals surface area contributed by atoms with Gasteiger partial charge in [-0.15, -0.1) is 0 Å². The number of nitro benzene ring substituents is 1. The van der Waals surface area contributed by atoms with Crippen molar-refractivity contribution in [3.05, 3.63) is 99.2 Å². The molecule has 0 aliphatic rings. The molecule has 4 rings (SSSR count). The van der Waals surface area contributed by atoms with E-state index in [4.69, 9.17) is 21.1 Å². The van der Waals surface area contributed by atoms with Gasteiger partial charge >= 0.3 is 11.9 Å². The average Bonchev–Trinajstić information content (AvgIpc) is 3.30. The predicted octanol–water partition coefficient (Wildman–Crippen LogP) is 5.83. The summed E-state index contributed by atoms with van der Waals surface area (Å²) in [5.41, 5.74) is 0.226. The Morgan fingerprint density at radius 1 is 0.972 bits per heavy atom. The van der Waals surface area contributed by atoms with Gasteiger partial charge in [0.2, 0.25) is 0 Å². The molecule has 0 spiro atoms. The van der Waals surface area contributed by atoms with E-state index in [0.29, 0.717) is 15.6 Å². The minimum atomic E-state index is -0.846. The lowest BCUT2D eigenvalue weighted by molar-refractivity contribution is -0.384. The van der Waals surface area contributed by atoms with Crippen molar-refractivity contribution in [2.24, 2.45) is 0 Å². The lowest BCUT2D eigenvalue weighted by atomic mass is 10.0. The summed E-state index contributed by atoms with van der Waals surface area (Å²) in [6.45, 7) is 0. The maximum Gasteiger partial charge on any atom is 0.357 e. The summed E-state index contributed by atoms with van der Waals surface area (Å²) < 4.78 is 11.2. The minimum Gasteiger partial charge on any atom is -0.465 e. The summed E-state index contributed by atoms with van der Waals surface area (Å²) in [7, 11) is 2.35. The molecule has 4 aromatic rings.